The Kier molecular flexibility index (Phi) is 8.35. The van der Waals surface area contributed by atoms with E-state index in [2.05, 4.69) is 52.3 Å². The van der Waals surface area contributed by atoms with Crippen molar-refractivity contribution < 1.29 is 9.53 Å². The van der Waals surface area contributed by atoms with Gasteiger partial charge in [-0.05, 0) is 65.6 Å². The fourth-order valence-corrected chi connectivity index (χ4v) is 5.92. The van der Waals surface area contributed by atoms with E-state index in [0.29, 0.717) is 5.82 Å². The number of nitrogens with zero attached hydrogens (tertiary/aromatic N) is 4. The third-order valence-electron chi connectivity index (χ3n) is 8.22. The van der Waals surface area contributed by atoms with E-state index in [0.717, 1.165) is 68.5 Å². The van der Waals surface area contributed by atoms with Gasteiger partial charge in [0.2, 0.25) is 0 Å². The van der Waals surface area contributed by atoms with Crippen molar-refractivity contribution in [2.75, 3.05) is 44.7 Å². The van der Waals surface area contributed by atoms with Crippen molar-refractivity contribution in [3.63, 3.8) is 0 Å². The van der Waals surface area contributed by atoms with Gasteiger partial charge in [-0.2, -0.15) is 0 Å². The van der Waals surface area contributed by atoms with Gasteiger partial charge in [0.25, 0.3) is 5.56 Å². The highest BCUT2D eigenvalue weighted by molar-refractivity contribution is 5.84. The summed E-state index contributed by atoms with van der Waals surface area (Å²) in [6.45, 7) is 4.32. The summed E-state index contributed by atoms with van der Waals surface area (Å²) in [5.74, 6) is 0.456. The van der Waals surface area contributed by atoms with Crippen molar-refractivity contribution in [3.05, 3.63) is 103 Å². The Morgan fingerprint density at radius 3 is 2.48 bits per heavy atom. The highest BCUT2D eigenvalue weighted by atomic mass is 16.5. The third-order valence-corrected chi connectivity index (χ3v) is 8.22. The molecule has 0 atom stereocenters. The van der Waals surface area contributed by atoms with Crippen LogP contribution in [-0.2, 0) is 42.9 Å². The molecular weight excluding hydrogens is 504 g/mol. The Hall–Kier alpha value is -3.91. The van der Waals surface area contributed by atoms with Gasteiger partial charge in [0, 0.05) is 46.3 Å². The fraction of sp³-hybridized carbons (Fsp3) is 0.406. The third kappa shape index (κ3) is 5.82. The number of benzene rings is 2. The van der Waals surface area contributed by atoms with Crippen molar-refractivity contribution in [3.8, 4) is 0 Å². The van der Waals surface area contributed by atoms with Crippen LogP contribution in [0.5, 0.6) is 0 Å². The van der Waals surface area contributed by atoms with Crippen LogP contribution in [0.3, 0.4) is 0 Å². The summed E-state index contributed by atoms with van der Waals surface area (Å²) >= 11 is 0. The number of methoxy groups -OCH3 is 1. The van der Waals surface area contributed by atoms with Gasteiger partial charge in [-0.25, -0.2) is 4.79 Å². The van der Waals surface area contributed by atoms with Gasteiger partial charge in [-0.1, -0.05) is 48.5 Å². The Bertz CT molecular complexity index is 1550. The minimum Gasteiger partial charge on any atom is -0.469 e. The first-order valence-electron chi connectivity index (χ1n) is 14.1. The van der Waals surface area contributed by atoms with E-state index in [1.165, 1.54) is 42.0 Å². The van der Waals surface area contributed by atoms with Crippen molar-refractivity contribution >= 4 is 17.4 Å². The monoisotopic (exact) mass is 542 g/mol. The summed E-state index contributed by atoms with van der Waals surface area (Å²) < 4.78 is 7.62. The van der Waals surface area contributed by atoms with Gasteiger partial charge < -0.3 is 14.5 Å². The molecule has 0 saturated carbocycles. The summed E-state index contributed by atoms with van der Waals surface area (Å²) in [5, 5.41) is 0. The number of ether oxygens (including phenoxy) is 1. The van der Waals surface area contributed by atoms with Gasteiger partial charge in [-0.15, -0.1) is 0 Å². The van der Waals surface area contributed by atoms with Crippen molar-refractivity contribution in [1.29, 1.82) is 0 Å². The number of hydrogen-bond acceptors (Lipinski definition) is 6. The molecule has 5 rings (SSSR count). The normalized spacial score (nSPS) is 16.7. The number of aryl methyl sites for hydroxylation is 2. The lowest BCUT2D eigenvalue weighted by molar-refractivity contribution is -0.139. The van der Waals surface area contributed by atoms with Gasteiger partial charge in [0.1, 0.15) is 5.82 Å². The average Bonchev–Trinajstić information content (AvgIpc) is 3.29. The predicted molar refractivity (Wildman–Crippen MR) is 158 cm³/mol. The van der Waals surface area contributed by atoms with Crippen LogP contribution in [0.15, 0.2) is 64.2 Å². The Labute approximate surface area is 235 Å². The lowest BCUT2D eigenvalue weighted by atomic mass is 9.91. The smallest absolute Gasteiger partial charge is 0.332 e. The second-order valence-corrected chi connectivity index (χ2v) is 10.7. The number of carbonyl (C=O) groups excluding carboxylic acids is 1. The van der Waals surface area contributed by atoms with Crippen LogP contribution in [-0.4, -0.2) is 59.8 Å². The van der Waals surface area contributed by atoms with E-state index < -0.39 is 0 Å². The van der Waals surface area contributed by atoms with Gasteiger partial charge >= 0.3 is 11.7 Å². The maximum absolute atomic E-state index is 12.4. The number of anilines is 1. The van der Waals surface area contributed by atoms with Crippen molar-refractivity contribution in [2.24, 2.45) is 14.1 Å². The molecule has 1 aliphatic heterocycles. The van der Waals surface area contributed by atoms with Gasteiger partial charge in [0.05, 0.1) is 13.5 Å². The number of hydrogen-bond donors (Lipinski definition) is 0. The summed E-state index contributed by atoms with van der Waals surface area (Å²) in [4.78, 5) is 41.3. The van der Waals surface area contributed by atoms with E-state index in [1.54, 1.807) is 17.7 Å². The molecule has 0 bridgehead atoms. The summed E-state index contributed by atoms with van der Waals surface area (Å²) in [7, 11) is 4.67. The van der Waals surface area contributed by atoms with Crippen LogP contribution in [0.4, 0.5) is 5.82 Å². The summed E-state index contributed by atoms with van der Waals surface area (Å²) in [5.41, 5.74) is 6.77. The maximum atomic E-state index is 12.4. The zero-order valence-electron chi connectivity index (χ0n) is 23.7. The Balaban J connectivity index is 1.34. The SMILES string of the molecule is COC(=O)Cc1ccc2c(c1)C(=CCCN1CCCN(c3cc(=O)n(C)c(=O)n3C)CC1)c1ccccc1CC2. The second-order valence-electron chi connectivity index (χ2n) is 10.7. The molecule has 0 unspecified atom stereocenters. The molecule has 2 aromatic carbocycles. The quantitative estimate of drug-likeness (QED) is 0.446. The van der Waals surface area contributed by atoms with Crippen LogP contribution in [0.2, 0.25) is 0 Å². The van der Waals surface area contributed by atoms with Crippen molar-refractivity contribution in [1.82, 2.24) is 14.0 Å². The summed E-state index contributed by atoms with van der Waals surface area (Å²) in [6, 6.07) is 16.6. The van der Waals surface area contributed by atoms with E-state index >= 15 is 0 Å². The Morgan fingerprint density at radius 1 is 0.900 bits per heavy atom. The van der Waals surface area contributed by atoms with Crippen LogP contribution in [0.25, 0.3) is 5.57 Å². The molecule has 0 radical (unpaired) electrons. The first-order chi connectivity index (χ1) is 19.4. The number of esters is 1. The van der Waals surface area contributed by atoms with E-state index in [-0.39, 0.29) is 23.6 Å². The molecule has 1 aromatic heterocycles. The predicted octanol–water partition coefficient (Wildman–Crippen LogP) is 2.93. The minimum absolute atomic E-state index is 0.231. The highest BCUT2D eigenvalue weighted by Crippen LogP contribution is 2.34. The summed E-state index contributed by atoms with van der Waals surface area (Å²) in [6.07, 6.45) is 6.44. The molecule has 1 fully saturated rings. The first-order valence-corrected chi connectivity index (χ1v) is 14.1. The molecule has 0 amide bonds. The number of rotatable bonds is 6. The molecular formula is C32H38N4O4. The molecule has 0 spiro atoms. The largest absolute Gasteiger partial charge is 0.469 e. The molecule has 8 heteroatoms. The zero-order valence-corrected chi connectivity index (χ0v) is 23.7. The van der Waals surface area contributed by atoms with E-state index in [9.17, 15) is 14.4 Å². The van der Waals surface area contributed by atoms with E-state index in [1.807, 2.05) is 6.07 Å². The number of aromatic nitrogens is 2. The molecule has 210 valence electrons. The molecule has 3 aromatic rings. The molecule has 1 aliphatic carbocycles. The molecule has 2 aliphatic rings. The number of carbonyl (C=O) groups is 1. The molecule has 8 nitrogen and oxygen atoms in total. The zero-order chi connectivity index (χ0) is 28.2. The lowest BCUT2D eigenvalue weighted by Crippen LogP contribution is -2.41. The second kappa shape index (κ2) is 12.1. The molecule has 2 heterocycles. The van der Waals surface area contributed by atoms with Crippen LogP contribution < -0.4 is 16.1 Å². The minimum atomic E-state index is -0.297. The molecule has 1 saturated heterocycles. The van der Waals surface area contributed by atoms with E-state index in [4.69, 9.17) is 4.74 Å². The number of fused-ring (bicyclic) bond motifs is 2. The van der Waals surface area contributed by atoms with Crippen LogP contribution in [0.1, 0.15) is 40.7 Å². The topological polar surface area (TPSA) is 76.8 Å². The standard InChI is InChI=1S/C32H38N4O4/c1-33-29(22-30(37)34(2)32(33)39)36-17-7-16-35(18-19-36)15-6-10-27-26-9-5-4-8-24(26)13-14-25-12-11-23(20-28(25)27)21-31(38)40-3/h4-5,8-12,20,22H,6-7,13-19,21H2,1-3H3. The maximum Gasteiger partial charge on any atom is 0.332 e. The fourth-order valence-electron chi connectivity index (χ4n) is 5.92. The average molecular weight is 543 g/mol. The van der Waals surface area contributed by atoms with Crippen LogP contribution in [0, 0.1) is 0 Å². The molecule has 0 N–H and O–H groups in total. The van der Waals surface area contributed by atoms with Crippen LogP contribution >= 0.6 is 0 Å². The molecule has 40 heavy (non-hydrogen) atoms. The van der Waals surface area contributed by atoms with Crippen molar-refractivity contribution in [2.45, 2.75) is 32.1 Å². The first kappa shape index (κ1) is 27.6. The van der Waals surface area contributed by atoms with Gasteiger partial charge in [0.15, 0.2) is 0 Å². The highest BCUT2D eigenvalue weighted by Gasteiger charge is 2.21. The van der Waals surface area contributed by atoms with Gasteiger partial charge in [-0.3, -0.25) is 18.7 Å². The Morgan fingerprint density at radius 2 is 1.68 bits per heavy atom. The lowest BCUT2D eigenvalue weighted by Gasteiger charge is -2.25.